The van der Waals surface area contributed by atoms with Crippen LogP contribution < -0.4 is 4.72 Å². The van der Waals surface area contributed by atoms with E-state index < -0.39 is 10.0 Å². The largest absolute Gasteiger partial charge is 0.339 e. The van der Waals surface area contributed by atoms with Crippen LogP contribution in [0, 0.1) is 0 Å². The van der Waals surface area contributed by atoms with E-state index >= 15 is 0 Å². The first-order valence-electron chi connectivity index (χ1n) is 8.30. The molecule has 1 aliphatic carbocycles. The molecule has 1 amide bonds. The number of carbonyl (C=O) groups excluding carboxylic acids is 1. The smallest absolute Gasteiger partial charge is 0.253 e. The standard InChI is InChI=1S/C17H26N2O3S/c1-3-12-23(21,22)18-15-9-7-8-14(13-15)17(20)19(2)16-10-5-4-6-11-16/h7-9,13,16,18H,3-6,10-12H2,1-2H3. The van der Waals surface area contributed by atoms with E-state index in [4.69, 9.17) is 0 Å². The highest BCUT2D eigenvalue weighted by Crippen LogP contribution is 2.23. The molecule has 1 aromatic carbocycles. The van der Waals surface area contributed by atoms with Crippen LogP contribution in [0.25, 0.3) is 0 Å². The second-order valence-corrected chi connectivity index (χ2v) is 8.05. The minimum atomic E-state index is -3.34. The van der Waals surface area contributed by atoms with Gasteiger partial charge < -0.3 is 4.90 Å². The van der Waals surface area contributed by atoms with Gasteiger partial charge in [-0.3, -0.25) is 9.52 Å². The van der Waals surface area contributed by atoms with Crippen molar-refractivity contribution in [2.24, 2.45) is 0 Å². The SMILES string of the molecule is CCCS(=O)(=O)Nc1cccc(C(=O)N(C)C2CCCCC2)c1. The maximum atomic E-state index is 12.6. The van der Waals surface area contributed by atoms with E-state index in [1.165, 1.54) is 19.3 Å². The number of benzene rings is 1. The molecule has 0 spiro atoms. The number of hydrogen-bond donors (Lipinski definition) is 1. The number of carbonyl (C=O) groups is 1. The molecule has 0 aromatic heterocycles. The monoisotopic (exact) mass is 338 g/mol. The van der Waals surface area contributed by atoms with Gasteiger partial charge in [0, 0.05) is 24.3 Å². The fourth-order valence-electron chi connectivity index (χ4n) is 3.05. The van der Waals surface area contributed by atoms with Gasteiger partial charge >= 0.3 is 0 Å². The van der Waals surface area contributed by atoms with Crippen molar-refractivity contribution in [1.82, 2.24) is 4.90 Å². The lowest BCUT2D eigenvalue weighted by Gasteiger charge is -2.31. The Morgan fingerprint density at radius 1 is 1.26 bits per heavy atom. The molecule has 1 aromatic rings. The van der Waals surface area contributed by atoms with Crippen molar-refractivity contribution in [2.75, 3.05) is 17.5 Å². The van der Waals surface area contributed by atoms with Gasteiger partial charge in [-0.2, -0.15) is 0 Å². The first-order valence-corrected chi connectivity index (χ1v) is 9.96. The Morgan fingerprint density at radius 2 is 1.96 bits per heavy atom. The minimum Gasteiger partial charge on any atom is -0.339 e. The molecule has 1 N–H and O–H groups in total. The van der Waals surface area contributed by atoms with Crippen molar-refractivity contribution in [3.63, 3.8) is 0 Å². The third kappa shape index (κ3) is 4.96. The summed E-state index contributed by atoms with van der Waals surface area (Å²) in [6.45, 7) is 1.82. The summed E-state index contributed by atoms with van der Waals surface area (Å²) in [4.78, 5) is 14.4. The van der Waals surface area contributed by atoms with Gasteiger partial charge in [0.15, 0.2) is 0 Å². The normalized spacial score (nSPS) is 16.1. The molecule has 0 bridgehead atoms. The van der Waals surface area contributed by atoms with Crippen LogP contribution in [0.3, 0.4) is 0 Å². The molecule has 6 heteroatoms. The first kappa shape index (κ1) is 17.8. The molecule has 128 valence electrons. The van der Waals surface area contributed by atoms with Crippen molar-refractivity contribution in [2.45, 2.75) is 51.5 Å². The van der Waals surface area contributed by atoms with E-state index in [1.54, 1.807) is 29.2 Å². The molecule has 0 radical (unpaired) electrons. The Morgan fingerprint density at radius 3 is 2.61 bits per heavy atom. The number of sulfonamides is 1. The van der Waals surface area contributed by atoms with Crippen LogP contribution >= 0.6 is 0 Å². The van der Waals surface area contributed by atoms with Gasteiger partial charge in [0.2, 0.25) is 10.0 Å². The van der Waals surface area contributed by atoms with Crippen LogP contribution in [0.4, 0.5) is 5.69 Å². The number of rotatable bonds is 6. The number of nitrogens with zero attached hydrogens (tertiary/aromatic N) is 1. The van der Waals surface area contributed by atoms with Gasteiger partial charge in [0.05, 0.1) is 5.75 Å². The number of anilines is 1. The third-order valence-electron chi connectivity index (χ3n) is 4.30. The molecule has 1 fully saturated rings. The summed E-state index contributed by atoms with van der Waals surface area (Å²) >= 11 is 0. The van der Waals surface area contributed by atoms with Gasteiger partial charge in [0.25, 0.3) is 5.91 Å². The molecule has 0 atom stereocenters. The zero-order valence-electron chi connectivity index (χ0n) is 13.9. The average Bonchev–Trinajstić information content (AvgIpc) is 2.54. The molecule has 23 heavy (non-hydrogen) atoms. The quantitative estimate of drug-likeness (QED) is 0.866. The maximum absolute atomic E-state index is 12.6. The topological polar surface area (TPSA) is 66.5 Å². The lowest BCUT2D eigenvalue weighted by atomic mass is 9.94. The highest BCUT2D eigenvalue weighted by Gasteiger charge is 2.23. The average molecular weight is 338 g/mol. The first-order chi connectivity index (χ1) is 10.9. The van der Waals surface area contributed by atoms with E-state index in [2.05, 4.69) is 4.72 Å². The fraction of sp³-hybridized carbons (Fsp3) is 0.588. The molecule has 1 saturated carbocycles. The molecule has 1 aliphatic rings. The number of amides is 1. The highest BCUT2D eigenvalue weighted by molar-refractivity contribution is 7.92. The number of nitrogens with one attached hydrogen (secondary N) is 1. The fourth-order valence-corrected chi connectivity index (χ4v) is 4.18. The van der Waals surface area contributed by atoms with Crippen LogP contribution in [0.15, 0.2) is 24.3 Å². The van der Waals surface area contributed by atoms with E-state index in [-0.39, 0.29) is 17.7 Å². The third-order valence-corrected chi connectivity index (χ3v) is 5.79. The summed E-state index contributed by atoms with van der Waals surface area (Å²) in [5.74, 6) is 0.0288. The molecule has 0 heterocycles. The lowest BCUT2D eigenvalue weighted by Crippen LogP contribution is -2.38. The van der Waals surface area contributed by atoms with Gasteiger partial charge in [0.1, 0.15) is 0 Å². The van der Waals surface area contributed by atoms with Crippen LogP contribution in [0.1, 0.15) is 55.8 Å². The van der Waals surface area contributed by atoms with Crippen molar-refractivity contribution in [3.8, 4) is 0 Å². The minimum absolute atomic E-state index is 0.0477. The summed E-state index contributed by atoms with van der Waals surface area (Å²) in [6, 6.07) is 7.03. The van der Waals surface area contributed by atoms with Crippen molar-refractivity contribution >= 4 is 21.6 Å². The predicted molar refractivity (Wildman–Crippen MR) is 93.1 cm³/mol. The molecule has 0 unspecified atom stereocenters. The van der Waals surface area contributed by atoms with Crippen LogP contribution in [-0.4, -0.2) is 38.1 Å². The van der Waals surface area contributed by atoms with Crippen molar-refractivity contribution in [1.29, 1.82) is 0 Å². The highest BCUT2D eigenvalue weighted by atomic mass is 32.2. The van der Waals surface area contributed by atoms with Crippen LogP contribution in [-0.2, 0) is 10.0 Å². The van der Waals surface area contributed by atoms with Gasteiger partial charge in [-0.1, -0.05) is 32.3 Å². The van der Waals surface area contributed by atoms with Gasteiger partial charge in [-0.25, -0.2) is 8.42 Å². The summed E-state index contributed by atoms with van der Waals surface area (Å²) in [5, 5.41) is 0. The second-order valence-electron chi connectivity index (χ2n) is 6.21. The van der Waals surface area contributed by atoms with Crippen molar-refractivity contribution < 1.29 is 13.2 Å². The van der Waals surface area contributed by atoms with Gasteiger partial charge in [-0.15, -0.1) is 0 Å². The van der Waals surface area contributed by atoms with E-state index in [9.17, 15) is 13.2 Å². The molecule has 0 aliphatic heterocycles. The van der Waals surface area contributed by atoms with Crippen molar-refractivity contribution in [3.05, 3.63) is 29.8 Å². The zero-order chi connectivity index (χ0) is 16.9. The maximum Gasteiger partial charge on any atom is 0.253 e. The van der Waals surface area contributed by atoms with Gasteiger partial charge in [-0.05, 0) is 37.5 Å². The van der Waals surface area contributed by atoms with Crippen LogP contribution in [0.2, 0.25) is 0 Å². The molecule has 5 nitrogen and oxygen atoms in total. The molecule has 0 saturated heterocycles. The summed E-state index contributed by atoms with van der Waals surface area (Å²) in [7, 11) is -1.50. The Labute approximate surface area is 139 Å². The second kappa shape index (κ2) is 7.81. The van der Waals surface area contributed by atoms with Crippen LogP contribution in [0.5, 0.6) is 0 Å². The predicted octanol–water partition coefficient (Wildman–Crippen LogP) is 3.24. The summed E-state index contributed by atoms with van der Waals surface area (Å²) in [5.41, 5.74) is 0.969. The summed E-state index contributed by atoms with van der Waals surface area (Å²) < 4.78 is 26.2. The zero-order valence-corrected chi connectivity index (χ0v) is 14.7. The Kier molecular flexibility index (Phi) is 6.04. The number of hydrogen-bond acceptors (Lipinski definition) is 3. The molecule has 2 rings (SSSR count). The Hall–Kier alpha value is -1.56. The molecular weight excluding hydrogens is 312 g/mol. The Bertz CT molecular complexity index is 637. The summed E-state index contributed by atoms with van der Waals surface area (Å²) in [6.07, 6.45) is 6.22. The van der Waals surface area contributed by atoms with E-state index in [0.29, 0.717) is 17.7 Å². The molecular formula is C17H26N2O3S. The van der Waals surface area contributed by atoms with E-state index in [0.717, 1.165) is 12.8 Å². The Balaban J connectivity index is 2.10. The lowest BCUT2D eigenvalue weighted by molar-refractivity contribution is 0.0696. The van der Waals surface area contributed by atoms with E-state index in [1.807, 2.05) is 14.0 Å².